The van der Waals surface area contributed by atoms with Gasteiger partial charge in [0.2, 0.25) is 0 Å². The average molecular weight is 311 g/mol. The molecule has 5 heteroatoms. The summed E-state index contributed by atoms with van der Waals surface area (Å²) in [5.74, 6) is 0.307. The summed E-state index contributed by atoms with van der Waals surface area (Å²) in [5, 5.41) is 0. The van der Waals surface area contributed by atoms with Crippen molar-refractivity contribution >= 4 is 15.5 Å². The average Bonchev–Trinajstić information content (AvgIpc) is 2.35. The molecule has 1 aliphatic rings. The molecule has 2 unspecified atom stereocenters. The van der Waals surface area contributed by atoms with E-state index in [0.29, 0.717) is 23.9 Å². The SMILES string of the molecule is CC1CN(c2ccc(C(C)C)cc2S(C)(=O)=O)CC(C)O1. The van der Waals surface area contributed by atoms with E-state index in [1.807, 2.05) is 32.0 Å². The summed E-state index contributed by atoms with van der Waals surface area (Å²) < 4.78 is 30.1. The van der Waals surface area contributed by atoms with E-state index in [1.54, 1.807) is 0 Å². The van der Waals surface area contributed by atoms with Gasteiger partial charge in [0.15, 0.2) is 9.84 Å². The molecule has 1 aliphatic heterocycles. The molecule has 0 saturated carbocycles. The number of hydrogen-bond donors (Lipinski definition) is 0. The highest BCUT2D eigenvalue weighted by atomic mass is 32.2. The molecule has 21 heavy (non-hydrogen) atoms. The first-order valence-electron chi connectivity index (χ1n) is 7.43. The Morgan fingerprint density at radius 3 is 2.24 bits per heavy atom. The van der Waals surface area contributed by atoms with Crippen molar-refractivity contribution in [1.29, 1.82) is 0 Å². The molecule has 0 aliphatic carbocycles. The van der Waals surface area contributed by atoms with Crippen LogP contribution in [0.1, 0.15) is 39.2 Å². The van der Waals surface area contributed by atoms with Gasteiger partial charge in [-0.2, -0.15) is 0 Å². The second kappa shape index (κ2) is 5.97. The van der Waals surface area contributed by atoms with Crippen LogP contribution in [0.3, 0.4) is 0 Å². The lowest BCUT2D eigenvalue weighted by Gasteiger charge is -2.37. The van der Waals surface area contributed by atoms with Gasteiger partial charge in [0, 0.05) is 19.3 Å². The molecule has 1 aromatic carbocycles. The van der Waals surface area contributed by atoms with E-state index in [0.717, 1.165) is 11.3 Å². The van der Waals surface area contributed by atoms with Gasteiger partial charge in [-0.05, 0) is 37.5 Å². The topological polar surface area (TPSA) is 46.6 Å². The maximum Gasteiger partial charge on any atom is 0.177 e. The van der Waals surface area contributed by atoms with E-state index < -0.39 is 9.84 Å². The number of ether oxygens (including phenoxy) is 1. The van der Waals surface area contributed by atoms with Gasteiger partial charge in [-0.1, -0.05) is 19.9 Å². The summed E-state index contributed by atoms with van der Waals surface area (Å²) >= 11 is 0. The van der Waals surface area contributed by atoms with Gasteiger partial charge < -0.3 is 9.64 Å². The molecule has 0 radical (unpaired) electrons. The zero-order chi connectivity index (χ0) is 15.8. The molecule has 1 heterocycles. The first-order chi connectivity index (χ1) is 9.68. The van der Waals surface area contributed by atoms with E-state index in [2.05, 4.69) is 18.7 Å². The second-order valence-electron chi connectivity index (χ2n) is 6.32. The Kier molecular flexibility index (Phi) is 4.63. The quantitative estimate of drug-likeness (QED) is 0.861. The molecule has 1 aromatic rings. The molecule has 0 spiro atoms. The lowest BCUT2D eigenvalue weighted by Crippen LogP contribution is -2.46. The Morgan fingerprint density at radius 1 is 1.19 bits per heavy atom. The fourth-order valence-corrected chi connectivity index (χ4v) is 3.75. The zero-order valence-corrected chi connectivity index (χ0v) is 14.3. The highest BCUT2D eigenvalue weighted by molar-refractivity contribution is 7.90. The maximum absolute atomic E-state index is 12.2. The summed E-state index contributed by atoms with van der Waals surface area (Å²) in [7, 11) is -3.26. The van der Waals surface area contributed by atoms with Gasteiger partial charge >= 0.3 is 0 Å². The summed E-state index contributed by atoms with van der Waals surface area (Å²) in [6.45, 7) is 9.61. The van der Waals surface area contributed by atoms with Crippen molar-refractivity contribution in [1.82, 2.24) is 0 Å². The van der Waals surface area contributed by atoms with Crippen molar-refractivity contribution in [3.05, 3.63) is 23.8 Å². The summed E-state index contributed by atoms with van der Waals surface area (Å²) in [4.78, 5) is 2.55. The van der Waals surface area contributed by atoms with Gasteiger partial charge in [0.05, 0.1) is 22.8 Å². The Morgan fingerprint density at radius 2 is 1.76 bits per heavy atom. The van der Waals surface area contributed by atoms with E-state index in [4.69, 9.17) is 4.74 Å². The van der Waals surface area contributed by atoms with E-state index in [-0.39, 0.29) is 12.2 Å². The van der Waals surface area contributed by atoms with Crippen molar-refractivity contribution in [2.24, 2.45) is 0 Å². The predicted octanol–water partition coefficient (Wildman–Crippen LogP) is 2.83. The van der Waals surface area contributed by atoms with Crippen molar-refractivity contribution < 1.29 is 13.2 Å². The molecule has 118 valence electrons. The number of anilines is 1. The predicted molar refractivity (Wildman–Crippen MR) is 85.9 cm³/mol. The lowest BCUT2D eigenvalue weighted by molar-refractivity contribution is -0.00537. The Bertz CT molecular complexity index is 600. The molecule has 0 aromatic heterocycles. The monoisotopic (exact) mass is 311 g/mol. The second-order valence-corrected chi connectivity index (χ2v) is 8.30. The fourth-order valence-electron chi connectivity index (χ4n) is 2.82. The van der Waals surface area contributed by atoms with Crippen LogP contribution in [0.25, 0.3) is 0 Å². The number of hydrogen-bond acceptors (Lipinski definition) is 4. The van der Waals surface area contributed by atoms with Crippen LogP contribution in [-0.2, 0) is 14.6 Å². The third-order valence-electron chi connectivity index (χ3n) is 3.81. The van der Waals surface area contributed by atoms with E-state index in [9.17, 15) is 8.42 Å². The van der Waals surface area contributed by atoms with Gasteiger partial charge in [-0.25, -0.2) is 8.42 Å². The minimum atomic E-state index is -3.26. The largest absolute Gasteiger partial charge is 0.372 e. The minimum Gasteiger partial charge on any atom is -0.372 e. The fraction of sp³-hybridized carbons (Fsp3) is 0.625. The van der Waals surface area contributed by atoms with Crippen LogP contribution >= 0.6 is 0 Å². The van der Waals surface area contributed by atoms with Crippen molar-refractivity contribution in [3.8, 4) is 0 Å². The molecule has 2 rings (SSSR count). The Labute approximate surface area is 128 Å². The number of morpholine rings is 1. The van der Waals surface area contributed by atoms with Gasteiger partial charge in [0.25, 0.3) is 0 Å². The van der Waals surface area contributed by atoms with Crippen LogP contribution < -0.4 is 4.90 Å². The number of nitrogens with zero attached hydrogens (tertiary/aromatic N) is 1. The van der Waals surface area contributed by atoms with Crippen LogP contribution in [0, 0.1) is 0 Å². The van der Waals surface area contributed by atoms with Crippen LogP contribution in [0.15, 0.2) is 23.1 Å². The van der Waals surface area contributed by atoms with Crippen molar-refractivity contribution in [2.75, 3.05) is 24.2 Å². The highest BCUT2D eigenvalue weighted by Crippen LogP contribution is 2.31. The molecule has 4 nitrogen and oxygen atoms in total. The van der Waals surface area contributed by atoms with Gasteiger partial charge in [-0.3, -0.25) is 0 Å². The first kappa shape index (κ1) is 16.3. The zero-order valence-electron chi connectivity index (χ0n) is 13.5. The smallest absolute Gasteiger partial charge is 0.177 e. The van der Waals surface area contributed by atoms with Crippen LogP contribution in [0.5, 0.6) is 0 Å². The molecule has 2 atom stereocenters. The Hall–Kier alpha value is -1.07. The molecule has 0 amide bonds. The number of sulfone groups is 1. The van der Waals surface area contributed by atoms with Crippen LogP contribution in [0.2, 0.25) is 0 Å². The molecule has 0 bridgehead atoms. The number of rotatable bonds is 3. The van der Waals surface area contributed by atoms with Crippen LogP contribution in [0.4, 0.5) is 5.69 Å². The normalized spacial score (nSPS) is 23.6. The third kappa shape index (κ3) is 3.77. The molecular formula is C16H25NO3S. The molecule has 1 saturated heterocycles. The van der Waals surface area contributed by atoms with E-state index in [1.165, 1.54) is 6.26 Å². The summed E-state index contributed by atoms with van der Waals surface area (Å²) in [6, 6.07) is 5.79. The Balaban J connectivity index is 2.48. The lowest BCUT2D eigenvalue weighted by atomic mass is 10.0. The standard InChI is InChI=1S/C16H25NO3S/c1-11(2)14-6-7-15(16(8-14)21(5,18)19)17-9-12(3)20-13(4)10-17/h6-8,11-13H,9-10H2,1-5H3. The minimum absolute atomic E-state index is 0.103. The third-order valence-corrected chi connectivity index (χ3v) is 4.94. The molecule has 0 N–H and O–H groups in total. The molecule has 1 fully saturated rings. The van der Waals surface area contributed by atoms with Crippen LogP contribution in [-0.4, -0.2) is 40.0 Å². The maximum atomic E-state index is 12.2. The molecular weight excluding hydrogens is 286 g/mol. The summed E-state index contributed by atoms with van der Waals surface area (Å²) in [5.41, 5.74) is 1.84. The highest BCUT2D eigenvalue weighted by Gasteiger charge is 2.26. The van der Waals surface area contributed by atoms with Crippen molar-refractivity contribution in [2.45, 2.75) is 50.7 Å². The van der Waals surface area contributed by atoms with Crippen molar-refractivity contribution in [3.63, 3.8) is 0 Å². The summed E-state index contributed by atoms with van der Waals surface area (Å²) in [6.07, 6.45) is 1.49. The van der Waals surface area contributed by atoms with Gasteiger partial charge in [0.1, 0.15) is 0 Å². The van der Waals surface area contributed by atoms with Gasteiger partial charge in [-0.15, -0.1) is 0 Å². The van der Waals surface area contributed by atoms with E-state index >= 15 is 0 Å². The number of benzene rings is 1. The first-order valence-corrected chi connectivity index (χ1v) is 9.32.